The van der Waals surface area contributed by atoms with Crippen LogP contribution in [0.3, 0.4) is 0 Å². The van der Waals surface area contributed by atoms with Gasteiger partial charge in [-0.25, -0.2) is 0 Å². The van der Waals surface area contributed by atoms with Gasteiger partial charge < -0.3 is 10.1 Å². The Morgan fingerprint density at radius 2 is 1.73 bits per heavy atom. The molecule has 2 aromatic rings. The molecule has 0 unspecified atom stereocenters. The molecule has 0 aromatic heterocycles. The third-order valence-corrected chi connectivity index (χ3v) is 4.61. The standard InChI is InChI=1S/C18H17Cl3N2O2S/c1-2-3-8-25-12-6-4-11(5-7-12)17(24)23-18(26)22-16-10-14(20)13(19)9-15(16)21/h4-7,9-10H,2-3,8H2,1H3,(H2,22,23,24,26). The van der Waals surface area contributed by atoms with Gasteiger partial charge in [-0.15, -0.1) is 0 Å². The van der Waals surface area contributed by atoms with Crippen molar-refractivity contribution in [1.29, 1.82) is 0 Å². The van der Waals surface area contributed by atoms with Gasteiger partial charge in [0.2, 0.25) is 0 Å². The van der Waals surface area contributed by atoms with Crippen molar-refractivity contribution in [1.82, 2.24) is 5.32 Å². The molecule has 2 N–H and O–H groups in total. The number of unbranched alkanes of at least 4 members (excludes halogenated alkanes) is 1. The van der Waals surface area contributed by atoms with E-state index >= 15 is 0 Å². The van der Waals surface area contributed by atoms with Gasteiger partial charge in [0.15, 0.2) is 5.11 Å². The van der Waals surface area contributed by atoms with E-state index in [4.69, 9.17) is 51.8 Å². The second kappa shape index (κ2) is 9.97. The second-order valence-electron chi connectivity index (χ2n) is 5.38. The molecule has 0 heterocycles. The first-order valence-electron chi connectivity index (χ1n) is 7.90. The molecular weight excluding hydrogens is 415 g/mol. The fourth-order valence-corrected chi connectivity index (χ4v) is 2.78. The minimum Gasteiger partial charge on any atom is -0.494 e. The molecule has 0 fully saturated rings. The van der Waals surface area contributed by atoms with Gasteiger partial charge >= 0.3 is 0 Å². The number of carbonyl (C=O) groups excluding carboxylic acids is 1. The molecular formula is C18H17Cl3N2O2S. The van der Waals surface area contributed by atoms with Crippen LogP contribution in [0.2, 0.25) is 15.1 Å². The van der Waals surface area contributed by atoms with Gasteiger partial charge in [-0.2, -0.15) is 0 Å². The summed E-state index contributed by atoms with van der Waals surface area (Å²) in [6.45, 7) is 2.75. The van der Waals surface area contributed by atoms with E-state index in [0.717, 1.165) is 18.6 Å². The summed E-state index contributed by atoms with van der Waals surface area (Å²) in [5.74, 6) is 0.372. The van der Waals surface area contributed by atoms with Crippen LogP contribution in [0.25, 0.3) is 0 Å². The molecule has 0 saturated carbocycles. The van der Waals surface area contributed by atoms with E-state index in [9.17, 15) is 4.79 Å². The molecule has 0 aliphatic heterocycles. The fourth-order valence-electron chi connectivity index (χ4n) is 1.98. The largest absolute Gasteiger partial charge is 0.494 e. The van der Waals surface area contributed by atoms with Crippen molar-refractivity contribution in [3.8, 4) is 5.75 Å². The van der Waals surface area contributed by atoms with E-state index in [0.29, 0.717) is 32.9 Å². The normalized spacial score (nSPS) is 10.3. The SMILES string of the molecule is CCCCOc1ccc(C(=O)NC(=S)Nc2cc(Cl)c(Cl)cc2Cl)cc1. The Labute approximate surface area is 172 Å². The zero-order valence-electron chi connectivity index (χ0n) is 13.9. The molecule has 2 aromatic carbocycles. The van der Waals surface area contributed by atoms with Crippen molar-refractivity contribution in [2.45, 2.75) is 19.8 Å². The first-order chi connectivity index (χ1) is 12.4. The van der Waals surface area contributed by atoms with Crippen molar-refractivity contribution in [3.05, 3.63) is 57.0 Å². The summed E-state index contributed by atoms with van der Waals surface area (Å²) in [5, 5.41) is 6.50. The summed E-state index contributed by atoms with van der Waals surface area (Å²) in [7, 11) is 0. The molecule has 4 nitrogen and oxygen atoms in total. The zero-order chi connectivity index (χ0) is 19.1. The number of amides is 1. The van der Waals surface area contributed by atoms with Crippen molar-refractivity contribution >= 4 is 63.7 Å². The Bertz CT molecular complexity index is 798. The van der Waals surface area contributed by atoms with Crippen LogP contribution in [-0.4, -0.2) is 17.6 Å². The van der Waals surface area contributed by atoms with Gasteiger partial charge in [-0.05, 0) is 55.0 Å². The van der Waals surface area contributed by atoms with Crippen LogP contribution in [0, 0.1) is 0 Å². The summed E-state index contributed by atoms with van der Waals surface area (Å²) in [5.41, 5.74) is 0.906. The van der Waals surface area contributed by atoms with Crippen molar-refractivity contribution in [2.24, 2.45) is 0 Å². The number of benzene rings is 2. The highest BCUT2D eigenvalue weighted by Gasteiger charge is 2.11. The lowest BCUT2D eigenvalue weighted by Gasteiger charge is -2.12. The van der Waals surface area contributed by atoms with Gasteiger partial charge in [-0.3, -0.25) is 10.1 Å². The number of anilines is 1. The maximum atomic E-state index is 12.3. The molecule has 1 amide bonds. The maximum Gasteiger partial charge on any atom is 0.257 e. The van der Waals surface area contributed by atoms with Crippen LogP contribution in [0.4, 0.5) is 5.69 Å². The summed E-state index contributed by atoms with van der Waals surface area (Å²) in [6.07, 6.45) is 2.05. The molecule has 0 saturated heterocycles. The summed E-state index contributed by atoms with van der Waals surface area (Å²) in [6, 6.07) is 9.87. The van der Waals surface area contributed by atoms with Crippen molar-refractivity contribution in [2.75, 3.05) is 11.9 Å². The van der Waals surface area contributed by atoms with Gasteiger partial charge in [0, 0.05) is 5.56 Å². The van der Waals surface area contributed by atoms with Crippen LogP contribution >= 0.6 is 47.0 Å². The number of rotatable bonds is 6. The third kappa shape index (κ3) is 6.02. The lowest BCUT2D eigenvalue weighted by molar-refractivity contribution is 0.0977. The molecule has 26 heavy (non-hydrogen) atoms. The first-order valence-corrected chi connectivity index (χ1v) is 9.44. The minimum atomic E-state index is -0.348. The molecule has 0 aliphatic rings. The molecule has 138 valence electrons. The number of hydrogen-bond donors (Lipinski definition) is 2. The van der Waals surface area contributed by atoms with Gasteiger partial charge in [0.25, 0.3) is 5.91 Å². The highest BCUT2D eigenvalue weighted by molar-refractivity contribution is 7.80. The Kier molecular flexibility index (Phi) is 7.97. The van der Waals surface area contributed by atoms with Gasteiger partial charge in [0.05, 0.1) is 27.4 Å². The molecule has 0 radical (unpaired) electrons. The minimum absolute atomic E-state index is 0.0959. The fraction of sp³-hybridized carbons (Fsp3) is 0.222. The molecule has 0 bridgehead atoms. The average Bonchev–Trinajstić information content (AvgIpc) is 2.60. The number of nitrogens with one attached hydrogen (secondary N) is 2. The number of carbonyl (C=O) groups is 1. The predicted molar refractivity (Wildman–Crippen MR) is 112 cm³/mol. The van der Waals surface area contributed by atoms with E-state index in [-0.39, 0.29) is 11.0 Å². The van der Waals surface area contributed by atoms with E-state index < -0.39 is 0 Å². The number of hydrogen-bond acceptors (Lipinski definition) is 3. The average molecular weight is 432 g/mol. The Hall–Kier alpha value is -1.53. The summed E-state index contributed by atoms with van der Waals surface area (Å²) in [4.78, 5) is 12.3. The Morgan fingerprint density at radius 1 is 1.08 bits per heavy atom. The predicted octanol–water partition coefficient (Wildman–Crippen LogP) is 5.95. The van der Waals surface area contributed by atoms with Crippen LogP contribution in [-0.2, 0) is 0 Å². The zero-order valence-corrected chi connectivity index (χ0v) is 17.0. The molecule has 2 rings (SSSR count). The van der Waals surface area contributed by atoms with Crippen LogP contribution in [0.1, 0.15) is 30.1 Å². The van der Waals surface area contributed by atoms with Crippen LogP contribution in [0.15, 0.2) is 36.4 Å². The third-order valence-electron chi connectivity index (χ3n) is 3.37. The van der Waals surface area contributed by atoms with Crippen LogP contribution < -0.4 is 15.4 Å². The van der Waals surface area contributed by atoms with E-state index in [1.54, 1.807) is 24.3 Å². The van der Waals surface area contributed by atoms with E-state index in [2.05, 4.69) is 17.6 Å². The van der Waals surface area contributed by atoms with E-state index in [1.807, 2.05) is 0 Å². The summed E-state index contributed by atoms with van der Waals surface area (Å²) >= 11 is 23.1. The highest BCUT2D eigenvalue weighted by Crippen LogP contribution is 2.32. The highest BCUT2D eigenvalue weighted by atomic mass is 35.5. The van der Waals surface area contributed by atoms with Crippen molar-refractivity contribution < 1.29 is 9.53 Å². The molecule has 0 spiro atoms. The quantitative estimate of drug-likeness (QED) is 0.337. The summed E-state index contributed by atoms with van der Waals surface area (Å²) < 4.78 is 5.57. The lowest BCUT2D eigenvalue weighted by Crippen LogP contribution is -2.34. The van der Waals surface area contributed by atoms with Gasteiger partial charge in [-0.1, -0.05) is 48.1 Å². The topological polar surface area (TPSA) is 50.4 Å². The Balaban J connectivity index is 1.94. The van der Waals surface area contributed by atoms with Gasteiger partial charge in [0.1, 0.15) is 5.75 Å². The number of ether oxygens (including phenoxy) is 1. The van der Waals surface area contributed by atoms with Crippen molar-refractivity contribution in [3.63, 3.8) is 0 Å². The first kappa shape index (κ1) is 20.8. The smallest absolute Gasteiger partial charge is 0.257 e. The lowest BCUT2D eigenvalue weighted by atomic mass is 10.2. The Morgan fingerprint density at radius 3 is 2.38 bits per heavy atom. The molecule has 0 aliphatic carbocycles. The second-order valence-corrected chi connectivity index (χ2v) is 7.01. The number of thiocarbonyl (C=S) groups is 1. The number of halogens is 3. The monoisotopic (exact) mass is 430 g/mol. The van der Waals surface area contributed by atoms with E-state index in [1.165, 1.54) is 12.1 Å². The maximum absolute atomic E-state index is 12.3. The molecule has 0 atom stereocenters. The van der Waals surface area contributed by atoms with Crippen LogP contribution in [0.5, 0.6) is 5.75 Å². The molecule has 8 heteroatoms.